The standard InChI is InChI=1S/C17H18N2O/c1-12-2-7-17-15(10-12)19-16(11-20-17)14-5-3-13(4-6-14)8-9-18/h2-7,10H,8-9,11,18H2,1H3. The number of nitrogens with two attached hydrogens (primary N) is 1. The van der Waals surface area contributed by atoms with E-state index in [0.717, 1.165) is 29.1 Å². The molecule has 20 heavy (non-hydrogen) atoms. The Kier molecular flexibility index (Phi) is 3.52. The lowest BCUT2D eigenvalue weighted by molar-refractivity contribution is 0.373. The average Bonchev–Trinajstić information content (AvgIpc) is 2.47. The van der Waals surface area contributed by atoms with Gasteiger partial charge in [-0.05, 0) is 48.7 Å². The number of aliphatic imine (C=N–C) groups is 1. The molecule has 102 valence electrons. The van der Waals surface area contributed by atoms with Crippen LogP contribution in [0.5, 0.6) is 5.75 Å². The van der Waals surface area contributed by atoms with Crippen molar-refractivity contribution in [3.8, 4) is 5.75 Å². The van der Waals surface area contributed by atoms with Crippen molar-refractivity contribution >= 4 is 11.4 Å². The summed E-state index contributed by atoms with van der Waals surface area (Å²) in [7, 11) is 0. The van der Waals surface area contributed by atoms with Crippen LogP contribution in [-0.2, 0) is 6.42 Å². The lowest BCUT2D eigenvalue weighted by Crippen LogP contribution is -2.16. The van der Waals surface area contributed by atoms with Crippen LogP contribution in [0.4, 0.5) is 5.69 Å². The van der Waals surface area contributed by atoms with Crippen molar-refractivity contribution in [1.29, 1.82) is 0 Å². The number of benzene rings is 2. The molecule has 0 bridgehead atoms. The maximum atomic E-state index is 5.77. The first kappa shape index (κ1) is 12.9. The van der Waals surface area contributed by atoms with Crippen LogP contribution in [0, 0.1) is 6.92 Å². The van der Waals surface area contributed by atoms with Crippen LogP contribution in [0.3, 0.4) is 0 Å². The minimum Gasteiger partial charge on any atom is -0.485 e. The van der Waals surface area contributed by atoms with Gasteiger partial charge in [0.1, 0.15) is 18.0 Å². The highest BCUT2D eigenvalue weighted by Crippen LogP contribution is 2.32. The van der Waals surface area contributed by atoms with Crippen molar-refractivity contribution in [1.82, 2.24) is 0 Å². The zero-order chi connectivity index (χ0) is 13.9. The molecule has 0 amide bonds. The molecule has 0 saturated carbocycles. The van der Waals surface area contributed by atoms with E-state index in [2.05, 4.69) is 37.3 Å². The summed E-state index contributed by atoms with van der Waals surface area (Å²) in [5, 5.41) is 0. The number of hydrogen-bond donors (Lipinski definition) is 1. The van der Waals surface area contributed by atoms with Crippen LogP contribution in [-0.4, -0.2) is 18.9 Å². The molecule has 0 fully saturated rings. The number of aryl methyl sites for hydroxylation is 1. The summed E-state index contributed by atoms with van der Waals surface area (Å²) < 4.78 is 5.77. The van der Waals surface area contributed by atoms with E-state index < -0.39 is 0 Å². The fourth-order valence-electron chi connectivity index (χ4n) is 2.34. The highest BCUT2D eigenvalue weighted by molar-refractivity contribution is 6.04. The van der Waals surface area contributed by atoms with Gasteiger partial charge in [0.25, 0.3) is 0 Å². The largest absolute Gasteiger partial charge is 0.485 e. The van der Waals surface area contributed by atoms with Crippen molar-refractivity contribution in [2.24, 2.45) is 10.7 Å². The Balaban J connectivity index is 1.91. The van der Waals surface area contributed by atoms with Crippen molar-refractivity contribution in [3.63, 3.8) is 0 Å². The van der Waals surface area contributed by atoms with Crippen molar-refractivity contribution < 1.29 is 4.74 Å². The molecule has 2 aromatic rings. The summed E-state index contributed by atoms with van der Waals surface area (Å²) in [6, 6.07) is 14.5. The lowest BCUT2D eigenvalue weighted by Gasteiger charge is -2.17. The molecule has 0 spiro atoms. The number of nitrogens with zero attached hydrogens (tertiary/aromatic N) is 1. The van der Waals surface area contributed by atoms with Crippen LogP contribution in [0.15, 0.2) is 47.5 Å². The maximum Gasteiger partial charge on any atom is 0.145 e. The third kappa shape index (κ3) is 2.58. The molecule has 2 aromatic carbocycles. The summed E-state index contributed by atoms with van der Waals surface area (Å²) in [5.41, 5.74) is 11.0. The fourth-order valence-corrected chi connectivity index (χ4v) is 2.34. The average molecular weight is 266 g/mol. The Labute approximate surface area is 119 Å². The maximum absolute atomic E-state index is 5.77. The molecule has 3 heteroatoms. The van der Waals surface area contributed by atoms with Crippen LogP contribution in [0.1, 0.15) is 16.7 Å². The number of fused-ring (bicyclic) bond motifs is 1. The second-order valence-electron chi connectivity index (χ2n) is 5.05. The van der Waals surface area contributed by atoms with Crippen molar-refractivity contribution in [2.75, 3.05) is 13.2 Å². The van der Waals surface area contributed by atoms with Gasteiger partial charge in [-0.25, -0.2) is 4.99 Å². The molecule has 0 saturated heterocycles. The van der Waals surface area contributed by atoms with Gasteiger partial charge in [-0.2, -0.15) is 0 Å². The third-order valence-corrected chi connectivity index (χ3v) is 3.45. The molecule has 1 heterocycles. The molecule has 0 aromatic heterocycles. The first-order chi connectivity index (χ1) is 9.76. The minimum absolute atomic E-state index is 0.520. The summed E-state index contributed by atoms with van der Waals surface area (Å²) in [6.45, 7) is 3.26. The zero-order valence-corrected chi connectivity index (χ0v) is 11.6. The Morgan fingerprint density at radius 1 is 1.15 bits per heavy atom. The van der Waals surface area contributed by atoms with Gasteiger partial charge in [0, 0.05) is 0 Å². The normalized spacial score (nSPS) is 13.4. The molecule has 1 aliphatic heterocycles. The summed E-state index contributed by atoms with van der Waals surface area (Å²) in [4.78, 5) is 4.72. The van der Waals surface area contributed by atoms with Crippen molar-refractivity contribution in [2.45, 2.75) is 13.3 Å². The predicted molar refractivity (Wildman–Crippen MR) is 82.1 cm³/mol. The van der Waals surface area contributed by atoms with Gasteiger partial charge >= 0.3 is 0 Å². The van der Waals surface area contributed by atoms with Crippen molar-refractivity contribution in [3.05, 3.63) is 59.2 Å². The second-order valence-corrected chi connectivity index (χ2v) is 5.05. The zero-order valence-electron chi connectivity index (χ0n) is 11.6. The minimum atomic E-state index is 0.520. The molecule has 0 aliphatic carbocycles. The smallest absolute Gasteiger partial charge is 0.145 e. The second kappa shape index (κ2) is 5.47. The number of hydrogen-bond acceptors (Lipinski definition) is 3. The van der Waals surface area contributed by atoms with Gasteiger partial charge in [0.2, 0.25) is 0 Å². The van der Waals surface area contributed by atoms with Gasteiger partial charge in [0.05, 0.1) is 5.71 Å². The summed E-state index contributed by atoms with van der Waals surface area (Å²) >= 11 is 0. The van der Waals surface area contributed by atoms with Gasteiger partial charge in [-0.15, -0.1) is 0 Å². The van der Waals surface area contributed by atoms with Gasteiger partial charge < -0.3 is 10.5 Å². The van der Waals surface area contributed by atoms with Crippen LogP contribution in [0.25, 0.3) is 0 Å². The van der Waals surface area contributed by atoms with Gasteiger partial charge in [-0.3, -0.25) is 0 Å². The Morgan fingerprint density at radius 3 is 2.70 bits per heavy atom. The number of ether oxygens (including phenoxy) is 1. The van der Waals surface area contributed by atoms with E-state index in [1.165, 1.54) is 11.1 Å². The first-order valence-electron chi connectivity index (χ1n) is 6.86. The van der Waals surface area contributed by atoms with E-state index in [4.69, 9.17) is 15.5 Å². The molecule has 3 rings (SSSR count). The van der Waals surface area contributed by atoms with Crippen LogP contribution in [0.2, 0.25) is 0 Å². The first-order valence-corrected chi connectivity index (χ1v) is 6.86. The van der Waals surface area contributed by atoms with E-state index in [9.17, 15) is 0 Å². The molecule has 1 aliphatic rings. The Morgan fingerprint density at radius 2 is 1.95 bits per heavy atom. The quantitative estimate of drug-likeness (QED) is 0.928. The SMILES string of the molecule is Cc1ccc2c(c1)N=C(c1ccc(CCN)cc1)CO2. The van der Waals surface area contributed by atoms with Crippen LogP contribution >= 0.6 is 0 Å². The Bertz CT molecular complexity index is 645. The number of rotatable bonds is 3. The van der Waals surface area contributed by atoms with Crippen LogP contribution < -0.4 is 10.5 Å². The predicted octanol–water partition coefficient (Wildman–Crippen LogP) is 3.01. The summed E-state index contributed by atoms with van der Waals surface area (Å²) in [6.07, 6.45) is 0.908. The highest BCUT2D eigenvalue weighted by Gasteiger charge is 2.14. The summed E-state index contributed by atoms with van der Waals surface area (Å²) in [5.74, 6) is 0.860. The Hall–Kier alpha value is -2.13. The molecule has 0 radical (unpaired) electrons. The topological polar surface area (TPSA) is 47.6 Å². The van der Waals surface area contributed by atoms with E-state index in [1.807, 2.05) is 12.1 Å². The molecule has 3 nitrogen and oxygen atoms in total. The van der Waals surface area contributed by atoms with E-state index in [-0.39, 0.29) is 0 Å². The molecule has 2 N–H and O–H groups in total. The molecular weight excluding hydrogens is 248 g/mol. The van der Waals surface area contributed by atoms with E-state index in [0.29, 0.717) is 13.2 Å². The molecule has 0 atom stereocenters. The third-order valence-electron chi connectivity index (χ3n) is 3.45. The van der Waals surface area contributed by atoms with Gasteiger partial charge in [0.15, 0.2) is 0 Å². The van der Waals surface area contributed by atoms with E-state index >= 15 is 0 Å². The molecular formula is C17H18N2O. The monoisotopic (exact) mass is 266 g/mol. The fraction of sp³-hybridized carbons (Fsp3) is 0.235. The van der Waals surface area contributed by atoms with Gasteiger partial charge in [-0.1, -0.05) is 30.3 Å². The highest BCUT2D eigenvalue weighted by atomic mass is 16.5. The lowest BCUT2D eigenvalue weighted by atomic mass is 10.1. The molecule has 0 unspecified atom stereocenters. The van der Waals surface area contributed by atoms with E-state index in [1.54, 1.807) is 0 Å².